The predicted molar refractivity (Wildman–Crippen MR) is 109 cm³/mol. The van der Waals surface area contributed by atoms with E-state index in [4.69, 9.17) is 11.8 Å². The number of hydrogen-bond donors (Lipinski definition) is 0. The summed E-state index contributed by atoms with van der Waals surface area (Å²) >= 11 is 7.88. The van der Waals surface area contributed by atoms with Gasteiger partial charge in [0.25, 0.3) is 0 Å². The Balaban J connectivity index is 2.16. The van der Waals surface area contributed by atoms with E-state index in [2.05, 4.69) is 24.8 Å². The van der Waals surface area contributed by atoms with Crippen LogP contribution >= 0.6 is 16.6 Å². The van der Waals surface area contributed by atoms with Crippen molar-refractivity contribution in [1.29, 1.82) is 0 Å². The summed E-state index contributed by atoms with van der Waals surface area (Å²) in [5.74, 6) is -0.237. The van der Waals surface area contributed by atoms with E-state index < -0.39 is 5.24 Å². The summed E-state index contributed by atoms with van der Waals surface area (Å²) < 4.78 is 13.2. The maximum Gasteiger partial charge on any atom is 0.123 e. The quantitative estimate of drug-likeness (QED) is 0.536. The van der Waals surface area contributed by atoms with Gasteiger partial charge in [-0.15, -0.1) is 0 Å². The van der Waals surface area contributed by atoms with E-state index in [-0.39, 0.29) is 5.82 Å². The summed E-state index contributed by atoms with van der Waals surface area (Å²) in [6.07, 6.45) is 1.85. The van der Waals surface area contributed by atoms with Crippen molar-refractivity contribution in [2.24, 2.45) is 0 Å². The van der Waals surface area contributed by atoms with E-state index in [1.54, 1.807) is 23.5 Å². The molecule has 0 aliphatic rings. The van der Waals surface area contributed by atoms with Crippen LogP contribution in [0.5, 0.6) is 0 Å². The van der Waals surface area contributed by atoms with Crippen molar-refractivity contribution in [3.8, 4) is 0 Å². The Kier molecular flexibility index (Phi) is 5.35. The second kappa shape index (κ2) is 7.48. The van der Waals surface area contributed by atoms with Gasteiger partial charge in [-0.05, 0) is 35.1 Å². The molecule has 1 unspecified atom stereocenters. The summed E-state index contributed by atoms with van der Waals surface area (Å²) in [4.78, 5) is 0.974. The van der Waals surface area contributed by atoms with Crippen molar-refractivity contribution in [3.63, 3.8) is 0 Å². The molecule has 0 heterocycles. The summed E-state index contributed by atoms with van der Waals surface area (Å²) in [5, 5.41) is 0.0903. The smallest absolute Gasteiger partial charge is 0.123 e. The molecule has 4 heteroatoms. The first-order chi connectivity index (χ1) is 11.6. The molecule has 0 aliphatic carbocycles. The van der Waals surface area contributed by atoms with E-state index in [1.807, 2.05) is 42.5 Å². The normalized spacial score (nSPS) is 13.2. The molecule has 0 spiro atoms. The number of halogens is 1. The Morgan fingerprint density at radius 1 is 0.875 bits per heavy atom. The maximum atomic E-state index is 13.2. The molecule has 0 bridgehead atoms. The average molecular weight is 370 g/mol. The summed E-state index contributed by atoms with van der Waals surface area (Å²) in [7, 11) is 0. The lowest BCUT2D eigenvalue weighted by Gasteiger charge is -2.24. The lowest BCUT2D eigenvalue weighted by Crippen LogP contribution is -2.15. The van der Waals surface area contributed by atoms with E-state index in [0.717, 1.165) is 21.1 Å². The highest BCUT2D eigenvalue weighted by Crippen LogP contribution is 2.60. The minimum Gasteiger partial charge on any atom is -0.207 e. The molecule has 0 aromatic heterocycles. The highest BCUT2D eigenvalue weighted by Gasteiger charge is 2.25. The first kappa shape index (κ1) is 17.2. The maximum absolute atomic E-state index is 13.2. The van der Waals surface area contributed by atoms with Gasteiger partial charge in [-0.1, -0.05) is 90.4 Å². The van der Waals surface area contributed by atoms with Gasteiger partial charge in [0.1, 0.15) is 5.82 Å². The molecule has 120 valence electrons. The van der Waals surface area contributed by atoms with Crippen LogP contribution < -0.4 is 10.6 Å². The van der Waals surface area contributed by atoms with Crippen LogP contribution in [-0.2, 0) is 11.8 Å². The Morgan fingerprint density at radius 2 is 1.50 bits per heavy atom. The monoisotopic (exact) mass is 370 g/mol. The fourth-order valence-electron chi connectivity index (χ4n) is 2.44. The van der Waals surface area contributed by atoms with Crippen molar-refractivity contribution >= 4 is 45.1 Å². The molecule has 24 heavy (non-hydrogen) atoms. The largest absolute Gasteiger partial charge is 0.207 e. The van der Waals surface area contributed by atoms with Gasteiger partial charge < -0.3 is 0 Å². The van der Waals surface area contributed by atoms with Crippen LogP contribution in [0.4, 0.5) is 4.39 Å². The number of benzene rings is 3. The molecule has 0 N–H and O–H groups in total. The van der Waals surface area contributed by atoms with Crippen molar-refractivity contribution in [2.45, 2.75) is 4.90 Å². The molecule has 1 atom stereocenters. The average Bonchev–Trinajstić information content (AvgIpc) is 2.64. The third-order valence-corrected chi connectivity index (χ3v) is 10.9. The highest BCUT2D eigenvalue weighted by atomic mass is 32.9. The second-order valence-corrected chi connectivity index (χ2v) is 12.5. The third-order valence-electron chi connectivity index (χ3n) is 3.62. The van der Waals surface area contributed by atoms with Gasteiger partial charge >= 0.3 is 0 Å². The van der Waals surface area contributed by atoms with Gasteiger partial charge in [-0.25, -0.2) is 4.39 Å². The summed E-state index contributed by atoms with van der Waals surface area (Å²) in [6, 6.07) is 24.8. The molecule has 0 amide bonds. The van der Waals surface area contributed by atoms with Crippen molar-refractivity contribution < 1.29 is 4.39 Å². The van der Waals surface area contributed by atoms with Crippen LogP contribution in [0.2, 0.25) is 0 Å². The van der Waals surface area contributed by atoms with Gasteiger partial charge in [0.2, 0.25) is 0 Å². The Hall–Kier alpha value is -1.67. The highest BCUT2D eigenvalue weighted by molar-refractivity contribution is 8.75. The second-order valence-electron chi connectivity index (χ2n) is 5.20. The molecule has 0 saturated heterocycles. The van der Waals surface area contributed by atoms with Crippen LogP contribution in [-0.4, -0.2) is 0 Å². The van der Waals surface area contributed by atoms with Crippen molar-refractivity contribution in [1.82, 2.24) is 0 Å². The van der Waals surface area contributed by atoms with Crippen LogP contribution in [0.15, 0.2) is 90.3 Å². The molecule has 0 radical (unpaired) electrons. The molecular formula is C20H16FPS2. The zero-order chi connectivity index (χ0) is 17.0. The van der Waals surface area contributed by atoms with Crippen LogP contribution in [0.25, 0.3) is 6.08 Å². The fourth-order valence-corrected chi connectivity index (χ4v) is 9.20. The SMILES string of the molecule is C=Cc1ccccc1P(=S)(Sc1ccc(F)cc1)c1ccccc1. The first-order valence-electron chi connectivity index (χ1n) is 7.46. The molecule has 0 nitrogen and oxygen atoms in total. The van der Waals surface area contributed by atoms with Crippen molar-refractivity contribution in [2.75, 3.05) is 0 Å². The van der Waals surface area contributed by atoms with E-state index in [9.17, 15) is 4.39 Å². The summed E-state index contributed by atoms with van der Waals surface area (Å²) in [5.41, 5.74) is 1.05. The van der Waals surface area contributed by atoms with Gasteiger partial charge in [0.15, 0.2) is 0 Å². The van der Waals surface area contributed by atoms with Gasteiger partial charge in [-0.2, -0.15) is 0 Å². The Morgan fingerprint density at radius 3 is 2.17 bits per heavy atom. The van der Waals surface area contributed by atoms with Gasteiger partial charge in [0.05, 0.1) is 5.24 Å². The first-order valence-corrected chi connectivity index (χ1v) is 11.7. The van der Waals surface area contributed by atoms with E-state index in [0.29, 0.717) is 0 Å². The molecule has 0 fully saturated rings. The minimum atomic E-state index is -2.16. The van der Waals surface area contributed by atoms with Crippen molar-refractivity contribution in [3.05, 3.63) is 96.8 Å². The van der Waals surface area contributed by atoms with Crippen LogP contribution in [0.1, 0.15) is 5.56 Å². The van der Waals surface area contributed by atoms with Crippen LogP contribution in [0.3, 0.4) is 0 Å². The molecule has 0 aliphatic heterocycles. The van der Waals surface area contributed by atoms with Gasteiger partial charge in [-0.3, -0.25) is 0 Å². The molecular weight excluding hydrogens is 354 g/mol. The lowest BCUT2D eigenvalue weighted by atomic mass is 10.2. The fraction of sp³-hybridized carbons (Fsp3) is 0. The Labute approximate surface area is 151 Å². The molecule has 3 aromatic carbocycles. The topological polar surface area (TPSA) is 0 Å². The number of rotatable bonds is 5. The van der Waals surface area contributed by atoms with Crippen LogP contribution in [0, 0.1) is 5.82 Å². The predicted octanol–water partition coefficient (Wildman–Crippen LogP) is 5.61. The third kappa shape index (κ3) is 3.54. The van der Waals surface area contributed by atoms with Gasteiger partial charge in [0, 0.05) is 10.2 Å². The Bertz CT molecular complexity index is 889. The standard InChI is InChI=1S/C20H16FPS2/c1-2-16-8-6-7-11-20(16)22(23,18-9-4-3-5-10-18)24-19-14-12-17(21)13-15-19/h2-15H,1H2. The van der Waals surface area contributed by atoms with E-state index in [1.165, 1.54) is 12.1 Å². The van der Waals surface area contributed by atoms with E-state index >= 15 is 0 Å². The zero-order valence-electron chi connectivity index (χ0n) is 12.9. The number of hydrogen-bond acceptors (Lipinski definition) is 2. The summed E-state index contributed by atoms with van der Waals surface area (Å²) in [6.45, 7) is 3.93. The molecule has 0 saturated carbocycles. The lowest BCUT2D eigenvalue weighted by molar-refractivity contribution is 0.626. The molecule has 3 aromatic rings. The molecule has 3 rings (SSSR count). The minimum absolute atomic E-state index is 0.237. The zero-order valence-corrected chi connectivity index (χ0v) is 15.5.